The largest absolute Gasteiger partial charge is 0.492 e. The Labute approximate surface area is 263 Å². The van der Waals surface area contributed by atoms with Crippen molar-refractivity contribution in [2.45, 2.75) is 44.2 Å². The van der Waals surface area contributed by atoms with E-state index in [9.17, 15) is 27.4 Å². The van der Waals surface area contributed by atoms with Gasteiger partial charge in [-0.05, 0) is 67.3 Å². The first-order valence-corrected chi connectivity index (χ1v) is 14.3. The molecule has 2 aromatic carbocycles. The predicted molar refractivity (Wildman–Crippen MR) is 158 cm³/mol. The first kappa shape index (κ1) is 30.7. The lowest BCUT2D eigenvalue weighted by Crippen LogP contribution is -2.42. The number of hydrogen-bond acceptors (Lipinski definition) is 5. The van der Waals surface area contributed by atoms with Crippen molar-refractivity contribution < 1.29 is 36.9 Å². The molecule has 228 valence electrons. The molecule has 0 bridgehead atoms. The Balaban J connectivity index is 1.27. The monoisotopic (exact) mass is 667 g/mol. The van der Waals surface area contributed by atoms with Crippen molar-refractivity contribution in [1.82, 2.24) is 9.72 Å². The molecule has 2 N–H and O–H groups in total. The van der Waals surface area contributed by atoms with Gasteiger partial charge in [0.25, 0.3) is 11.5 Å². The van der Waals surface area contributed by atoms with Gasteiger partial charge in [-0.1, -0.05) is 46.0 Å². The number of amides is 1. The molecule has 4 heterocycles. The maximum atomic E-state index is 14.9. The van der Waals surface area contributed by atoms with Crippen LogP contribution in [0.1, 0.15) is 53.0 Å². The molecule has 2 aliphatic heterocycles. The van der Waals surface area contributed by atoms with Gasteiger partial charge in [0, 0.05) is 23.9 Å². The van der Waals surface area contributed by atoms with E-state index in [4.69, 9.17) is 44.3 Å². The van der Waals surface area contributed by atoms with E-state index in [1.54, 1.807) is 38.2 Å². The van der Waals surface area contributed by atoms with Crippen LogP contribution in [-0.2, 0) is 27.2 Å². The van der Waals surface area contributed by atoms with Crippen molar-refractivity contribution in [1.29, 1.82) is 0 Å². The molecule has 0 saturated heterocycles. The van der Waals surface area contributed by atoms with Gasteiger partial charge in [0.05, 0.1) is 43.9 Å². The normalized spacial score (nSPS) is 19.2. The number of benzene rings is 2. The minimum atomic E-state index is -4.91. The molecule has 0 spiro atoms. The van der Waals surface area contributed by atoms with Crippen LogP contribution in [0.2, 0.25) is 15.1 Å². The van der Waals surface area contributed by atoms with E-state index in [1.807, 2.05) is 0 Å². The fourth-order valence-corrected chi connectivity index (χ4v) is 6.29. The number of fused-ring (bicyclic) bond motifs is 2. The van der Waals surface area contributed by atoms with Crippen molar-refractivity contribution in [2.24, 2.45) is 5.16 Å². The van der Waals surface area contributed by atoms with Crippen LogP contribution in [0.25, 0.3) is 5.52 Å². The number of carbonyl (C=O) groups is 1. The van der Waals surface area contributed by atoms with Crippen LogP contribution in [0, 0.1) is 5.82 Å². The van der Waals surface area contributed by atoms with Crippen LogP contribution in [0.5, 0.6) is 0 Å². The van der Waals surface area contributed by atoms with E-state index in [0.29, 0.717) is 11.1 Å². The molecular weight excluding hydrogens is 647 g/mol. The number of pyridine rings is 1. The highest BCUT2D eigenvalue weighted by molar-refractivity contribution is 6.62. The van der Waals surface area contributed by atoms with E-state index in [0.717, 1.165) is 12.1 Å². The fraction of sp³-hybridized carbons (Fsp3) is 0.241. The molecule has 7 nitrogen and oxygen atoms in total. The van der Waals surface area contributed by atoms with Crippen molar-refractivity contribution in [3.05, 3.63) is 104 Å². The second-order valence-electron chi connectivity index (χ2n) is 11.0. The van der Waals surface area contributed by atoms with Gasteiger partial charge in [0.1, 0.15) is 11.5 Å². The van der Waals surface area contributed by atoms with Gasteiger partial charge in [0.2, 0.25) is 0 Å². The van der Waals surface area contributed by atoms with Crippen molar-refractivity contribution in [3.8, 4) is 0 Å². The molecule has 0 radical (unpaired) electrons. The average Bonchev–Trinajstić information content (AvgIpc) is 3.66. The first-order valence-electron chi connectivity index (χ1n) is 13.2. The standard InChI is InChI=1S/C29H21BCl3F4N3O4/c1-27(2)24-17(30(42)43-27)8-14(9-20(24)34)13-38-26(41)16-5-6-23(40-7-3-4-22(16)40)21-12-28(44-39-21,29(35,36)37)15-10-18(31)25(33)19(32)11-15/h3-11,42H,12-13H2,1-2H3,(H,38,41). The molecule has 44 heavy (non-hydrogen) atoms. The first-order chi connectivity index (χ1) is 20.6. The predicted octanol–water partition coefficient (Wildman–Crippen LogP) is 6.50. The van der Waals surface area contributed by atoms with Crippen LogP contribution in [-0.4, -0.2) is 34.3 Å². The van der Waals surface area contributed by atoms with Crippen LogP contribution in [0.15, 0.2) is 59.9 Å². The number of alkyl halides is 3. The molecule has 0 fully saturated rings. The summed E-state index contributed by atoms with van der Waals surface area (Å²) in [6, 6.07) is 11.1. The van der Waals surface area contributed by atoms with E-state index >= 15 is 0 Å². The molecule has 1 atom stereocenters. The number of nitrogens with one attached hydrogen (secondary N) is 1. The number of aromatic nitrogens is 1. The summed E-state index contributed by atoms with van der Waals surface area (Å²) in [5, 5.41) is 16.3. The molecule has 0 saturated carbocycles. The van der Waals surface area contributed by atoms with Gasteiger partial charge in [-0.15, -0.1) is 0 Å². The van der Waals surface area contributed by atoms with E-state index in [-0.39, 0.29) is 55.2 Å². The number of rotatable bonds is 5. The number of carbonyl (C=O) groups excluding carboxylic acids is 1. The molecule has 2 aliphatic rings. The van der Waals surface area contributed by atoms with E-state index < -0.39 is 42.6 Å². The summed E-state index contributed by atoms with van der Waals surface area (Å²) in [6.07, 6.45) is -4.05. The summed E-state index contributed by atoms with van der Waals surface area (Å²) in [5.74, 6) is -1.08. The smallest absolute Gasteiger partial charge is 0.423 e. The van der Waals surface area contributed by atoms with Crippen LogP contribution >= 0.6 is 34.8 Å². The summed E-state index contributed by atoms with van der Waals surface area (Å²) >= 11 is 18.0. The molecule has 1 amide bonds. The Morgan fingerprint density at radius 2 is 1.84 bits per heavy atom. The zero-order valence-electron chi connectivity index (χ0n) is 22.9. The van der Waals surface area contributed by atoms with Crippen LogP contribution in [0.4, 0.5) is 17.6 Å². The van der Waals surface area contributed by atoms with Crippen LogP contribution in [0.3, 0.4) is 0 Å². The molecule has 2 aromatic heterocycles. The quantitative estimate of drug-likeness (QED) is 0.145. The maximum absolute atomic E-state index is 14.9. The zero-order valence-corrected chi connectivity index (χ0v) is 25.2. The highest BCUT2D eigenvalue weighted by Gasteiger charge is 2.62. The Morgan fingerprint density at radius 3 is 2.52 bits per heavy atom. The van der Waals surface area contributed by atoms with Gasteiger partial charge in [-0.25, -0.2) is 4.39 Å². The SMILES string of the molecule is CC1(C)OB(O)c2cc(CNC(=O)c3ccc(C4=NOC(c5cc(Cl)c(Cl)c(Cl)c5)(C(F)(F)F)C4)n4cccc34)cc(F)c21. The van der Waals surface area contributed by atoms with Gasteiger partial charge in [-0.3, -0.25) is 4.79 Å². The maximum Gasteiger partial charge on any atom is 0.492 e. The minimum absolute atomic E-state index is 0.0324. The number of oxime groups is 1. The number of hydrogen-bond donors (Lipinski definition) is 2. The van der Waals surface area contributed by atoms with E-state index in [1.165, 1.54) is 22.6 Å². The summed E-state index contributed by atoms with van der Waals surface area (Å²) < 4.78 is 65.5. The second kappa shape index (κ2) is 10.7. The summed E-state index contributed by atoms with van der Waals surface area (Å²) in [7, 11) is -1.30. The topological polar surface area (TPSA) is 84.6 Å². The van der Waals surface area contributed by atoms with Gasteiger partial charge in [-0.2, -0.15) is 13.2 Å². The Bertz CT molecular complexity index is 1860. The zero-order chi connectivity index (χ0) is 31.8. The lowest BCUT2D eigenvalue weighted by Gasteiger charge is -2.30. The summed E-state index contributed by atoms with van der Waals surface area (Å²) in [6.45, 7) is 3.23. The van der Waals surface area contributed by atoms with Crippen molar-refractivity contribution in [2.75, 3.05) is 0 Å². The Morgan fingerprint density at radius 1 is 1.14 bits per heavy atom. The van der Waals surface area contributed by atoms with Crippen molar-refractivity contribution in [3.63, 3.8) is 0 Å². The molecule has 0 aliphatic carbocycles. The third-order valence-corrected chi connectivity index (χ3v) is 8.97. The third kappa shape index (κ3) is 4.93. The van der Waals surface area contributed by atoms with Crippen LogP contribution < -0.4 is 10.8 Å². The highest BCUT2D eigenvalue weighted by atomic mass is 35.5. The van der Waals surface area contributed by atoms with Gasteiger partial charge >= 0.3 is 13.3 Å². The molecule has 1 unspecified atom stereocenters. The molecule has 15 heteroatoms. The Kier molecular flexibility index (Phi) is 7.45. The van der Waals surface area contributed by atoms with Gasteiger partial charge in [0.15, 0.2) is 0 Å². The minimum Gasteiger partial charge on any atom is -0.423 e. The molecule has 6 rings (SSSR count). The molecule has 4 aromatic rings. The number of halogens is 7. The van der Waals surface area contributed by atoms with E-state index in [2.05, 4.69) is 10.5 Å². The Hall–Kier alpha value is -3.29. The summed E-state index contributed by atoms with van der Waals surface area (Å²) in [4.78, 5) is 18.3. The highest BCUT2D eigenvalue weighted by Crippen LogP contribution is 2.50. The van der Waals surface area contributed by atoms with Crippen molar-refractivity contribution >= 4 is 64.5 Å². The average molecular weight is 669 g/mol. The fourth-order valence-electron chi connectivity index (χ4n) is 5.69. The molecular formula is C29H21BCl3F4N3O4. The second-order valence-corrected chi connectivity index (χ2v) is 12.2. The lowest BCUT2D eigenvalue weighted by atomic mass is 9.77. The summed E-state index contributed by atoms with van der Waals surface area (Å²) in [5.41, 5.74) is -2.49. The van der Waals surface area contributed by atoms with Gasteiger partial charge < -0.3 is 24.2 Å². The lowest BCUT2D eigenvalue weighted by molar-refractivity contribution is -0.275. The number of nitrogens with zero attached hydrogens (tertiary/aromatic N) is 2. The third-order valence-electron chi connectivity index (χ3n) is 7.78.